The summed E-state index contributed by atoms with van der Waals surface area (Å²) in [5, 5.41) is 5.62. The summed E-state index contributed by atoms with van der Waals surface area (Å²) < 4.78 is 5.72. The maximum absolute atomic E-state index is 12.8. The van der Waals surface area contributed by atoms with Crippen LogP contribution in [0.2, 0.25) is 0 Å². The molecule has 1 saturated heterocycles. The molecule has 0 spiro atoms. The van der Waals surface area contributed by atoms with Crippen molar-refractivity contribution in [2.75, 3.05) is 51.6 Å². The van der Waals surface area contributed by atoms with Crippen molar-refractivity contribution in [2.24, 2.45) is 5.73 Å². The van der Waals surface area contributed by atoms with Gasteiger partial charge >= 0.3 is 6.09 Å². The maximum atomic E-state index is 12.8. The van der Waals surface area contributed by atoms with Gasteiger partial charge in [0.25, 0.3) is 11.8 Å². The number of carbonyl (C=O) groups excluding carboxylic acids is 3. The van der Waals surface area contributed by atoms with Crippen LogP contribution in [0.15, 0.2) is 66.7 Å². The molecule has 0 bridgehead atoms. The lowest BCUT2D eigenvalue weighted by Crippen LogP contribution is -2.42. The Labute approximate surface area is 232 Å². The molecule has 1 aromatic heterocycles. The van der Waals surface area contributed by atoms with Gasteiger partial charge in [-0.3, -0.25) is 14.9 Å². The Morgan fingerprint density at radius 3 is 2.44 bits per heavy atom. The van der Waals surface area contributed by atoms with Gasteiger partial charge in [0.15, 0.2) is 0 Å². The summed E-state index contributed by atoms with van der Waals surface area (Å²) in [4.78, 5) is 42.5. The zero-order valence-corrected chi connectivity index (χ0v) is 22.9. The minimum absolute atomic E-state index is 0.108. The molecule has 1 aliphatic rings. The van der Waals surface area contributed by atoms with Crippen LogP contribution in [0.3, 0.4) is 0 Å². The second-order valence-corrected chi connectivity index (χ2v) is 10.5. The molecule has 0 aliphatic carbocycles. The molecule has 4 N–H and O–H groups in total. The minimum Gasteiger partial charge on any atom is -0.446 e. The first-order chi connectivity index (χ1) is 18.9. The van der Waals surface area contributed by atoms with E-state index in [-0.39, 0.29) is 17.9 Å². The van der Waals surface area contributed by atoms with E-state index < -0.39 is 6.09 Å². The van der Waals surface area contributed by atoms with Gasteiger partial charge in [-0.05, 0) is 36.6 Å². The molecule has 1 fully saturated rings. The predicted molar refractivity (Wildman–Crippen MR) is 154 cm³/mol. The third-order valence-electron chi connectivity index (χ3n) is 6.63. The van der Waals surface area contributed by atoms with Crippen LogP contribution in [0.4, 0.5) is 10.5 Å². The SMILES string of the molecule is CN(CCN1CCC(OC(=O)Nc2ccccc2-c2ccccc2)CC1)C(=O)c1ccc(C(=O)NCCN)s1. The monoisotopic (exact) mass is 549 g/mol. The number of thiophene rings is 1. The van der Waals surface area contributed by atoms with Crippen molar-refractivity contribution in [3.05, 3.63) is 76.5 Å². The number of likely N-dealkylation sites (tertiary alicyclic amines) is 1. The number of hydrogen-bond acceptors (Lipinski definition) is 7. The van der Waals surface area contributed by atoms with Gasteiger partial charge in [-0.25, -0.2) is 4.79 Å². The van der Waals surface area contributed by atoms with E-state index in [1.807, 2.05) is 54.6 Å². The van der Waals surface area contributed by atoms with E-state index in [4.69, 9.17) is 10.5 Å². The van der Waals surface area contributed by atoms with Gasteiger partial charge in [-0.1, -0.05) is 48.5 Å². The molecule has 10 heteroatoms. The summed E-state index contributed by atoms with van der Waals surface area (Å²) in [5.41, 5.74) is 8.11. The number of carbonyl (C=O) groups is 3. The molecule has 2 aromatic carbocycles. The van der Waals surface area contributed by atoms with Crippen molar-refractivity contribution in [3.63, 3.8) is 0 Å². The van der Waals surface area contributed by atoms with Gasteiger partial charge in [-0.15, -0.1) is 11.3 Å². The van der Waals surface area contributed by atoms with E-state index in [9.17, 15) is 14.4 Å². The van der Waals surface area contributed by atoms with E-state index >= 15 is 0 Å². The Bertz CT molecular complexity index is 1260. The molecule has 206 valence electrons. The van der Waals surface area contributed by atoms with Crippen LogP contribution >= 0.6 is 11.3 Å². The van der Waals surface area contributed by atoms with Crippen LogP contribution in [0.1, 0.15) is 32.2 Å². The number of amides is 3. The van der Waals surface area contributed by atoms with Gasteiger partial charge in [0.05, 0.1) is 15.4 Å². The number of likely N-dealkylation sites (N-methyl/N-ethyl adjacent to an activating group) is 1. The van der Waals surface area contributed by atoms with Crippen LogP contribution < -0.4 is 16.4 Å². The van der Waals surface area contributed by atoms with E-state index in [2.05, 4.69) is 15.5 Å². The van der Waals surface area contributed by atoms with Crippen LogP contribution in [-0.2, 0) is 4.74 Å². The van der Waals surface area contributed by atoms with Crippen LogP contribution in [0, 0.1) is 0 Å². The van der Waals surface area contributed by atoms with Crippen molar-refractivity contribution in [1.82, 2.24) is 15.1 Å². The molecule has 0 radical (unpaired) electrons. The number of rotatable bonds is 10. The normalized spacial score (nSPS) is 14.0. The third kappa shape index (κ3) is 7.89. The van der Waals surface area contributed by atoms with Gasteiger partial charge in [0.1, 0.15) is 6.10 Å². The number of hydrogen-bond donors (Lipinski definition) is 3. The summed E-state index contributed by atoms with van der Waals surface area (Å²) in [6, 6.07) is 20.9. The third-order valence-corrected chi connectivity index (χ3v) is 7.70. The highest BCUT2D eigenvalue weighted by Crippen LogP contribution is 2.28. The Morgan fingerprint density at radius 1 is 1.00 bits per heavy atom. The van der Waals surface area contributed by atoms with E-state index in [1.165, 1.54) is 11.3 Å². The predicted octanol–water partition coefficient (Wildman–Crippen LogP) is 3.89. The average molecular weight is 550 g/mol. The van der Waals surface area contributed by atoms with Crippen molar-refractivity contribution in [2.45, 2.75) is 18.9 Å². The average Bonchev–Trinajstić information content (AvgIpc) is 3.46. The van der Waals surface area contributed by atoms with Gasteiger partial charge in [0.2, 0.25) is 0 Å². The number of para-hydroxylation sites is 1. The van der Waals surface area contributed by atoms with Gasteiger partial charge in [-0.2, -0.15) is 0 Å². The number of piperidine rings is 1. The number of nitrogens with one attached hydrogen (secondary N) is 2. The number of benzene rings is 2. The van der Waals surface area contributed by atoms with Crippen molar-refractivity contribution >= 4 is 34.9 Å². The highest BCUT2D eigenvalue weighted by atomic mass is 32.1. The summed E-state index contributed by atoms with van der Waals surface area (Å²) in [5.74, 6) is -0.324. The Morgan fingerprint density at radius 2 is 1.69 bits per heavy atom. The Hall–Kier alpha value is -3.73. The molecule has 1 aliphatic heterocycles. The van der Waals surface area contributed by atoms with Crippen molar-refractivity contribution in [3.8, 4) is 11.1 Å². The molecule has 0 unspecified atom stereocenters. The van der Waals surface area contributed by atoms with Crippen molar-refractivity contribution in [1.29, 1.82) is 0 Å². The highest BCUT2D eigenvalue weighted by Gasteiger charge is 2.24. The Balaban J connectivity index is 1.19. The maximum Gasteiger partial charge on any atom is 0.411 e. The molecule has 0 saturated carbocycles. The first-order valence-electron chi connectivity index (χ1n) is 13.1. The van der Waals surface area contributed by atoms with Crippen LogP contribution in [0.5, 0.6) is 0 Å². The molecule has 9 nitrogen and oxygen atoms in total. The molecule has 3 amide bonds. The summed E-state index contributed by atoms with van der Waals surface area (Å²) in [6.07, 6.45) is 0.864. The van der Waals surface area contributed by atoms with Gasteiger partial charge < -0.3 is 25.6 Å². The largest absolute Gasteiger partial charge is 0.446 e. The molecule has 4 rings (SSSR count). The van der Waals surface area contributed by atoms with Gasteiger partial charge in [0, 0.05) is 51.9 Å². The molecule has 0 atom stereocenters. The first-order valence-corrected chi connectivity index (χ1v) is 13.9. The zero-order chi connectivity index (χ0) is 27.6. The standard InChI is InChI=1S/C29H35N5O4S/c1-33(28(36)26-12-11-25(39-26)27(35)31-16-15-30)19-20-34-17-13-22(14-18-34)38-29(37)32-24-10-6-5-9-23(24)21-7-3-2-4-8-21/h2-12,22H,13-20,30H2,1H3,(H,31,35)(H,32,37). The lowest BCUT2D eigenvalue weighted by molar-refractivity contribution is 0.0541. The lowest BCUT2D eigenvalue weighted by Gasteiger charge is -2.32. The zero-order valence-electron chi connectivity index (χ0n) is 22.1. The smallest absolute Gasteiger partial charge is 0.411 e. The first kappa shape index (κ1) is 28.3. The number of anilines is 1. The second-order valence-electron chi connectivity index (χ2n) is 9.42. The molecular weight excluding hydrogens is 514 g/mol. The number of ether oxygens (including phenoxy) is 1. The summed E-state index contributed by atoms with van der Waals surface area (Å²) in [7, 11) is 1.77. The molecule has 3 aromatic rings. The topological polar surface area (TPSA) is 117 Å². The minimum atomic E-state index is -0.450. The lowest BCUT2D eigenvalue weighted by atomic mass is 10.0. The molecule has 2 heterocycles. The van der Waals surface area contributed by atoms with E-state index in [0.717, 1.165) is 43.6 Å². The second kappa shape index (κ2) is 13.9. The fourth-order valence-corrected chi connectivity index (χ4v) is 5.35. The van der Waals surface area contributed by atoms with E-state index in [1.54, 1.807) is 24.1 Å². The number of nitrogens with zero attached hydrogens (tertiary/aromatic N) is 2. The highest BCUT2D eigenvalue weighted by molar-refractivity contribution is 7.15. The number of nitrogens with two attached hydrogens (primary N) is 1. The fourth-order valence-electron chi connectivity index (χ4n) is 4.43. The van der Waals surface area contributed by atoms with Crippen LogP contribution in [-0.4, -0.2) is 80.1 Å². The van der Waals surface area contributed by atoms with Crippen molar-refractivity contribution < 1.29 is 19.1 Å². The Kier molecular flexibility index (Phi) is 10.1. The molecule has 39 heavy (non-hydrogen) atoms. The van der Waals surface area contributed by atoms with Crippen LogP contribution in [0.25, 0.3) is 11.1 Å². The fraction of sp³-hybridized carbons (Fsp3) is 0.345. The summed E-state index contributed by atoms with van der Waals surface area (Å²) >= 11 is 1.18. The van der Waals surface area contributed by atoms with E-state index in [0.29, 0.717) is 35.1 Å². The quantitative estimate of drug-likeness (QED) is 0.353. The molecular formula is C29H35N5O4S. The summed E-state index contributed by atoms with van der Waals surface area (Å²) in [6.45, 7) is 3.62.